The molecule has 1 aromatic heterocycles. The lowest BCUT2D eigenvalue weighted by molar-refractivity contribution is -0.141. The van der Waals surface area contributed by atoms with Crippen molar-refractivity contribution in [3.8, 4) is 0 Å². The highest BCUT2D eigenvalue weighted by Gasteiger charge is 2.34. The molecule has 1 aliphatic rings. The molecular weight excluding hydrogens is 258 g/mol. The maximum absolute atomic E-state index is 11.6. The molecule has 1 atom stereocenters. The molecule has 8 heteroatoms. The molecule has 1 saturated heterocycles. The molecule has 0 spiro atoms. The zero-order valence-electron chi connectivity index (χ0n) is 9.83. The van der Waals surface area contributed by atoms with Gasteiger partial charge in [0.15, 0.2) is 5.82 Å². The summed E-state index contributed by atoms with van der Waals surface area (Å²) in [5.41, 5.74) is 0. The van der Waals surface area contributed by atoms with E-state index in [0.717, 1.165) is 0 Å². The monoisotopic (exact) mass is 271 g/mol. The van der Waals surface area contributed by atoms with Crippen molar-refractivity contribution < 1.29 is 19.2 Å². The Kier molecular flexibility index (Phi) is 3.85. The maximum Gasteiger partial charge on any atom is 0.308 e. The number of rotatable bonds is 5. The molecule has 0 aromatic carbocycles. The summed E-state index contributed by atoms with van der Waals surface area (Å²) < 4.78 is 5.01. The molecule has 2 heterocycles. The highest BCUT2D eigenvalue weighted by Crippen LogP contribution is 2.20. The number of carboxylic acid groups (broad SMARTS) is 1. The molecule has 1 aromatic rings. The molecule has 1 fully saturated rings. The number of amides is 1. The second kappa shape index (κ2) is 5.38. The highest BCUT2D eigenvalue weighted by molar-refractivity contribution is 7.97. The van der Waals surface area contributed by atoms with Crippen molar-refractivity contribution in [2.24, 2.45) is 5.92 Å². The Morgan fingerprint density at radius 3 is 3.06 bits per heavy atom. The van der Waals surface area contributed by atoms with Crippen LogP contribution < -0.4 is 0 Å². The van der Waals surface area contributed by atoms with Crippen molar-refractivity contribution in [3.63, 3.8) is 0 Å². The lowest BCUT2D eigenvalue weighted by Crippen LogP contribution is -2.25. The van der Waals surface area contributed by atoms with Gasteiger partial charge in [0.05, 0.1) is 11.7 Å². The first kappa shape index (κ1) is 12.9. The van der Waals surface area contributed by atoms with Crippen LogP contribution in [0.15, 0.2) is 4.52 Å². The average Bonchev–Trinajstić information content (AvgIpc) is 2.88. The second-order valence-electron chi connectivity index (χ2n) is 4.05. The molecule has 1 N–H and O–H groups in total. The van der Waals surface area contributed by atoms with Gasteiger partial charge in [0.2, 0.25) is 11.8 Å². The molecule has 0 bridgehead atoms. The fourth-order valence-electron chi connectivity index (χ4n) is 1.80. The standard InChI is InChI=1S/C10H13N3O4S/c1-18-5-7-11-8(17-12-7)4-13-3-6(10(15)16)2-9(13)14/h6H,2-5H2,1H3,(H,15,16)/t6-/m0/s1. The van der Waals surface area contributed by atoms with Crippen molar-refractivity contribution >= 4 is 23.6 Å². The van der Waals surface area contributed by atoms with Gasteiger partial charge in [-0.3, -0.25) is 9.59 Å². The summed E-state index contributed by atoms with van der Waals surface area (Å²) in [6, 6.07) is 0. The molecule has 0 radical (unpaired) electrons. The van der Waals surface area contributed by atoms with Crippen LogP contribution in [0.2, 0.25) is 0 Å². The number of carbonyl (C=O) groups is 2. The quantitative estimate of drug-likeness (QED) is 0.826. The summed E-state index contributed by atoms with van der Waals surface area (Å²) in [5, 5.41) is 12.6. The number of carboxylic acids is 1. The third kappa shape index (κ3) is 2.81. The molecule has 7 nitrogen and oxygen atoms in total. The number of carbonyl (C=O) groups excluding carboxylic acids is 1. The molecule has 0 unspecified atom stereocenters. The number of aromatic nitrogens is 2. The van der Waals surface area contributed by atoms with E-state index in [2.05, 4.69) is 10.1 Å². The van der Waals surface area contributed by atoms with Crippen LogP contribution in [-0.4, -0.2) is 44.8 Å². The van der Waals surface area contributed by atoms with Gasteiger partial charge in [0, 0.05) is 13.0 Å². The van der Waals surface area contributed by atoms with Gasteiger partial charge in [0.1, 0.15) is 6.54 Å². The van der Waals surface area contributed by atoms with E-state index in [0.29, 0.717) is 17.5 Å². The number of thioether (sulfide) groups is 1. The Morgan fingerprint density at radius 1 is 1.67 bits per heavy atom. The predicted molar refractivity (Wildman–Crippen MR) is 62.7 cm³/mol. The zero-order chi connectivity index (χ0) is 13.1. The van der Waals surface area contributed by atoms with Crippen LogP contribution >= 0.6 is 11.8 Å². The van der Waals surface area contributed by atoms with Gasteiger partial charge in [-0.1, -0.05) is 5.16 Å². The van der Waals surface area contributed by atoms with Crippen molar-refractivity contribution in [1.82, 2.24) is 15.0 Å². The summed E-state index contributed by atoms with van der Waals surface area (Å²) in [6.45, 7) is 0.387. The summed E-state index contributed by atoms with van der Waals surface area (Å²) in [6.07, 6.45) is 1.97. The molecule has 0 aliphatic carbocycles. The summed E-state index contributed by atoms with van der Waals surface area (Å²) >= 11 is 1.57. The van der Waals surface area contributed by atoms with E-state index < -0.39 is 11.9 Å². The fraction of sp³-hybridized carbons (Fsp3) is 0.600. The van der Waals surface area contributed by atoms with Gasteiger partial charge < -0.3 is 14.5 Å². The normalized spacial score (nSPS) is 19.5. The summed E-state index contributed by atoms with van der Waals surface area (Å²) in [5.74, 6) is -0.190. The Bertz CT molecular complexity index is 462. The second-order valence-corrected chi connectivity index (χ2v) is 4.92. The molecule has 1 amide bonds. The van der Waals surface area contributed by atoms with Crippen LogP contribution in [0.1, 0.15) is 18.1 Å². The minimum atomic E-state index is -0.945. The van der Waals surface area contributed by atoms with E-state index in [4.69, 9.17) is 9.63 Å². The number of nitrogens with zero attached hydrogens (tertiary/aromatic N) is 3. The van der Waals surface area contributed by atoms with Crippen molar-refractivity contribution in [2.45, 2.75) is 18.7 Å². The third-order valence-corrected chi connectivity index (χ3v) is 3.22. The van der Waals surface area contributed by atoms with Gasteiger partial charge in [-0.15, -0.1) is 0 Å². The molecule has 0 saturated carbocycles. The number of likely N-dealkylation sites (tertiary alicyclic amines) is 1. The van der Waals surface area contributed by atoms with E-state index in [9.17, 15) is 9.59 Å². The van der Waals surface area contributed by atoms with Crippen molar-refractivity contribution in [2.75, 3.05) is 12.8 Å². The largest absolute Gasteiger partial charge is 0.481 e. The molecule has 2 rings (SSSR count). The van der Waals surface area contributed by atoms with E-state index in [1.165, 1.54) is 4.90 Å². The SMILES string of the molecule is CSCc1noc(CN2C[C@@H](C(=O)O)CC2=O)n1. The Balaban J connectivity index is 1.96. The van der Waals surface area contributed by atoms with Gasteiger partial charge in [0.25, 0.3) is 0 Å². The van der Waals surface area contributed by atoms with Crippen LogP contribution in [0.25, 0.3) is 0 Å². The first-order chi connectivity index (χ1) is 8.60. The molecular formula is C10H13N3O4S. The van der Waals surface area contributed by atoms with Gasteiger partial charge in [-0.05, 0) is 6.26 Å². The smallest absolute Gasteiger partial charge is 0.308 e. The van der Waals surface area contributed by atoms with Crippen molar-refractivity contribution in [1.29, 1.82) is 0 Å². The van der Waals surface area contributed by atoms with Crippen LogP contribution in [0.5, 0.6) is 0 Å². The number of hydrogen-bond donors (Lipinski definition) is 1. The van der Waals surface area contributed by atoms with Gasteiger partial charge >= 0.3 is 5.97 Å². The van der Waals surface area contributed by atoms with E-state index in [1.807, 2.05) is 6.26 Å². The predicted octanol–water partition coefficient (Wildman–Crippen LogP) is 0.366. The highest BCUT2D eigenvalue weighted by atomic mass is 32.2. The van der Waals surface area contributed by atoms with Crippen LogP contribution in [-0.2, 0) is 21.9 Å². The Morgan fingerprint density at radius 2 is 2.44 bits per heavy atom. The average molecular weight is 271 g/mol. The van der Waals surface area contributed by atoms with Crippen LogP contribution in [0.4, 0.5) is 0 Å². The fourth-order valence-corrected chi connectivity index (χ4v) is 2.17. The molecule has 1 aliphatic heterocycles. The number of hydrogen-bond acceptors (Lipinski definition) is 6. The number of aliphatic carboxylic acids is 1. The molecule has 98 valence electrons. The van der Waals surface area contributed by atoms with Gasteiger partial charge in [-0.2, -0.15) is 16.7 Å². The molecule has 18 heavy (non-hydrogen) atoms. The zero-order valence-corrected chi connectivity index (χ0v) is 10.6. The van der Waals surface area contributed by atoms with E-state index in [-0.39, 0.29) is 25.4 Å². The summed E-state index contributed by atoms with van der Waals surface area (Å²) in [4.78, 5) is 28.0. The Labute approximate surface area is 108 Å². The van der Waals surface area contributed by atoms with Crippen molar-refractivity contribution in [3.05, 3.63) is 11.7 Å². The van der Waals surface area contributed by atoms with E-state index in [1.54, 1.807) is 11.8 Å². The third-order valence-electron chi connectivity index (χ3n) is 2.67. The minimum absolute atomic E-state index is 0.0428. The first-order valence-corrected chi connectivity index (χ1v) is 6.80. The topological polar surface area (TPSA) is 96.5 Å². The minimum Gasteiger partial charge on any atom is -0.481 e. The van der Waals surface area contributed by atoms with Gasteiger partial charge in [-0.25, -0.2) is 0 Å². The van der Waals surface area contributed by atoms with E-state index >= 15 is 0 Å². The maximum atomic E-state index is 11.6. The summed E-state index contributed by atoms with van der Waals surface area (Å²) in [7, 11) is 0. The van der Waals surface area contributed by atoms with Crippen LogP contribution in [0.3, 0.4) is 0 Å². The van der Waals surface area contributed by atoms with Crippen LogP contribution in [0, 0.1) is 5.92 Å². The lowest BCUT2D eigenvalue weighted by Gasteiger charge is -2.12. The lowest BCUT2D eigenvalue weighted by atomic mass is 10.1. The Hall–Kier alpha value is -1.57. The first-order valence-electron chi connectivity index (χ1n) is 5.41.